The van der Waals surface area contributed by atoms with Gasteiger partial charge in [0.2, 0.25) is 5.91 Å². The third-order valence-electron chi connectivity index (χ3n) is 4.65. The molecule has 0 saturated carbocycles. The summed E-state index contributed by atoms with van der Waals surface area (Å²) in [6.45, 7) is 0.395. The molecule has 0 fully saturated rings. The molecular formula is C21H17BrFN5O2. The average molecular weight is 470 g/mol. The zero-order valence-corrected chi connectivity index (χ0v) is 17.3. The molecule has 0 bridgehead atoms. The Morgan fingerprint density at radius 1 is 1.17 bits per heavy atom. The van der Waals surface area contributed by atoms with E-state index in [9.17, 15) is 14.0 Å². The van der Waals surface area contributed by atoms with Gasteiger partial charge >= 0.3 is 0 Å². The first-order chi connectivity index (χ1) is 14.5. The van der Waals surface area contributed by atoms with Gasteiger partial charge in [-0.25, -0.2) is 14.4 Å². The van der Waals surface area contributed by atoms with Gasteiger partial charge in [-0.05, 0) is 35.9 Å². The second-order valence-corrected chi connectivity index (χ2v) is 7.60. The molecule has 0 unspecified atom stereocenters. The Balaban J connectivity index is 1.37. The van der Waals surface area contributed by atoms with Crippen molar-refractivity contribution in [1.29, 1.82) is 0 Å². The first kappa shape index (κ1) is 20.0. The normalized spacial score (nSPS) is 11.0. The molecule has 1 amide bonds. The van der Waals surface area contributed by atoms with Crippen molar-refractivity contribution in [2.75, 3.05) is 0 Å². The maximum atomic E-state index is 14.3. The number of nitrogens with one attached hydrogen (secondary N) is 1. The Morgan fingerprint density at radius 3 is 2.80 bits per heavy atom. The third-order valence-corrected chi connectivity index (χ3v) is 5.14. The van der Waals surface area contributed by atoms with Crippen LogP contribution in [0.4, 0.5) is 4.39 Å². The molecule has 4 aromatic rings. The van der Waals surface area contributed by atoms with Crippen molar-refractivity contribution < 1.29 is 9.18 Å². The number of hydrogen-bond acceptors (Lipinski definition) is 4. The van der Waals surface area contributed by atoms with Gasteiger partial charge in [-0.15, -0.1) is 0 Å². The van der Waals surface area contributed by atoms with Gasteiger partial charge in [0.15, 0.2) is 0 Å². The van der Waals surface area contributed by atoms with Gasteiger partial charge in [-0.3, -0.25) is 14.2 Å². The smallest absolute Gasteiger partial charge is 0.261 e. The van der Waals surface area contributed by atoms with Crippen LogP contribution in [-0.4, -0.2) is 25.0 Å². The molecule has 1 N–H and O–H groups in total. The molecule has 2 aromatic carbocycles. The van der Waals surface area contributed by atoms with Crippen LogP contribution < -0.4 is 10.9 Å². The summed E-state index contributed by atoms with van der Waals surface area (Å²) in [5, 5.41) is 3.24. The molecule has 0 spiro atoms. The SMILES string of the molecule is O=C(CCn1cnc2ccc(Br)cc2c1=O)NCc1ccc(-n2ccnc2)c(F)c1. The summed E-state index contributed by atoms with van der Waals surface area (Å²) in [7, 11) is 0. The fourth-order valence-corrected chi connectivity index (χ4v) is 3.43. The minimum absolute atomic E-state index is 0.108. The van der Waals surface area contributed by atoms with Crippen molar-refractivity contribution in [3.05, 3.63) is 87.7 Å². The Kier molecular flexibility index (Phi) is 5.71. The highest BCUT2D eigenvalue weighted by Gasteiger charge is 2.09. The summed E-state index contributed by atoms with van der Waals surface area (Å²) in [6, 6.07) is 10.0. The standard InChI is InChI=1S/C21H17BrFN5O2/c22-15-2-3-18-16(10-15)21(30)28(13-26-18)7-5-20(29)25-11-14-1-4-19(17(23)9-14)27-8-6-24-12-27/h1-4,6,8-10,12-13H,5,7,11H2,(H,25,29). The minimum atomic E-state index is -0.403. The number of imidazole rings is 1. The zero-order valence-electron chi connectivity index (χ0n) is 15.8. The molecule has 0 aliphatic rings. The number of aryl methyl sites for hydroxylation is 1. The van der Waals surface area contributed by atoms with E-state index in [-0.39, 0.29) is 31.0 Å². The zero-order chi connectivity index (χ0) is 21.1. The van der Waals surface area contributed by atoms with Crippen LogP contribution in [-0.2, 0) is 17.9 Å². The first-order valence-electron chi connectivity index (χ1n) is 9.19. The van der Waals surface area contributed by atoms with Crippen LogP contribution in [0, 0.1) is 5.82 Å². The second-order valence-electron chi connectivity index (χ2n) is 6.69. The second kappa shape index (κ2) is 8.58. The topological polar surface area (TPSA) is 81.8 Å². The van der Waals surface area contributed by atoms with Crippen LogP contribution >= 0.6 is 15.9 Å². The van der Waals surface area contributed by atoms with Crippen LogP contribution in [0.2, 0.25) is 0 Å². The molecule has 4 rings (SSSR count). The van der Waals surface area contributed by atoms with Crippen LogP contribution in [0.1, 0.15) is 12.0 Å². The molecule has 0 saturated heterocycles. The molecular weight excluding hydrogens is 453 g/mol. The molecule has 0 radical (unpaired) electrons. The van der Waals surface area contributed by atoms with Gasteiger partial charge in [0.05, 0.1) is 29.2 Å². The maximum Gasteiger partial charge on any atom is 0.261 e. The molecule has 0 atom stereocenters. The molecule has 7 nitrogen and oxygen atoms in total. The summed E-state index contributed by atoms with van der Waals surface area (Å²) in [5.41, 5.74) is 1.42. The van der Waals surface area contributed by atoms with Crippen molar-refractivity contribution in [2.45, 2.75) is 19.5 Å². The lowest BCUT2D eigenvalue weighted by Crippen LogP contribution is -2.27. The number of hydrogen-bond donors (Lipinski definition) is 1. The monoisotopic (exact) mass is 469 g/mol. The van der Waals surface area contributed by atoms with Gasteiger partial charge in [0, 0.05) is 36.4 Å². The molecule has 2 aromatic heterocycles. The number of halogens is 2. The van der Waals surface area contributed by atoms with Crippen molar-refractivity contribution in [3.8, 4) is 5.69 Å². The minimum Gasteiger partial charge on any atom is -0.352 e. The van der Waals surface area contributed by atoms with E-state index < -0.39 is 5.82 Å². The molecule has 0 aliphatic heterocycles. The summed E-state index contributed by atoms with van der Waals surface area (Å²) >= 11 is 3.35. The van der Waals surface area contributed by atoms with Crippen LogP contribution in [0.3, 0.4) is 0 Å². The number of carbonyl (C=O) groups excluding carboxylic acids is 1. The number of aromatic nitrogens is 4. The van der Waals surface area contributed by atoms with Crippen LogP contribution in [0.5, 0.6) is 0 Å². The van der Waals surface area contributed by atoms with Crippen LogP contribution in [0.25, 0.3) is 16.6 Å². The average Bonchev–Trinajstić information content (AvgIpc) is 3.27. The van der Waals surface area contributed by atoms with E-state index in [0.717, 1.165) is 4.47 Å². The van der Waals surface area contributed by atoms with Crippen molar-refractivity contribution in [1.82, 2.24) is 24.4 Å². The predicted molar refractivity (Wildman–Crippen MR) is 114 cm³/mol. The lowest BCUT2D eigenvalue weighted by molar-refractivity contribution is -0.121. The highest BCUT2D eigenvalue weighted by atomic mass is 79.9. The maximum absolute atomic E-state index is 14.3. The number of nitrogens with zero attached hydrogens (tertiary/aromatic N) is 4. The van der Waals surface area contributed by atoms with Crippen molar-refractivity contribution in [3.63, 3.8) is 0 Å². The molecule has 30 heavy (non-hydrogen) atoms. The van der Waals surface area contributed by atoms with Crippen molar-refractivity contribution >= 4 is 32.7 Å². The van der Waals surface area contributed by atoms with E-state index in [4.69, 9.17) is 0 Å². The largest absolute Gasteiger partial charge is 0.352 e. The Hall–Kier alpha value is -3.33. The number of rotatable bonds is 6. The number of benzene rings is 2. The van der Waals surface area contributed by atoms with Crippen LogP contribution in [0.15, 0.2) is 70.7 Å². The fraction of sp³-hybridized carbons (Fsp3) is 0.143. The Labute approximate surface area is 179 Å². The summed E-state index contributed by atoms with van der Waals surface area (Å²) < 4.78 is 18.1. The van der Waals surface area contributed by atoms with Crippen molar-refractivity contribution in [2.24, 2.45) is 0 Å². The fourth-order valence-electron chi connectivity index (χ4n) is 3.07. The lowest BCUT2D eigenvalue weighted by atomic mass is 10.2. The van der Waals surface area contributed by atoms with E-state index in [1.54, 1.807) is 41.2 Å². The highest BCUT2D eigenvalue weighted by molar-refractivity contribution is 9.10. The summed E-state index contributed by atoms with van der Waals surface area (Å²) in [5.74, 6) is -0.643. The van der Waals surface area contributed by atoms with Gasteiger partial charge in [-0.2, -0.15) is 0 Å². The lowest BCUT2D eigenvalue weighted by Gasteiger charge is -2.09. The highest BCUT2D eigenvalue weighted by Crippen LogP contribution is 2.16. The third kappa shape index (κ3) is 4.30. The number of carbonyl (C=O) groups is 1. The molecule has 0 aliphatic carbocycles. The molecule has 152 valence electrons. The van der Waals surface area contributed by atoms with Gasteiger partial charge in [0.25, 0.3) is 5.56 Å². The van der Waals surface area contributed by atoms with Gasteiger partial charge in [-0.1, -0.05) is 22.0 Å². The Morgan fingerprint density at radius 2 is 2.03 bits per heavy atom. The number of amides is 1. The van der Waals surface area contributed by atoms with Gasteiger partial charge < -0.3 is 9.88 Å². The Bertz CT molecular complexity index is 1270. The summed E-state index contributed by atoms with van der Waals surface area (Å²) in [4.78, 5) is 32.9. The van der Waals surface area contributed by atoms with E-state index in [2.05, 4.69) is 31.2 Å². The van der Waals surface area contributed by atoms with E-state index in [1.165, 1.54) is 23.3 Å². The molecule has 9 heteroatoms. The molecule has 2 heterocycles. The van der Waals surface area contributed by atoms with Gasteiger partial charge in [0.1, 0.15) is 5.82 Å². The predicted octanol–water partition coefficient (Wildman–Crippen LogP) is 3.19. The first-order valence-corrected chi connectivity index (χ1v) is 9.99. The van der Waals surface area contributed by atoms with E-state index >= 15 is 0 Å². The van der Waals surface area contributed by atoms with E-state index in [0.29, 0.717) is 22.2 Å². The summed E-state index contributed by atoms with van der Waals surface area (Å²) in [6.07, 6.45) is 6.29. The quantitative estimate of drug-likeness (QED) is 0.470. The van der Waals surface area contributed by atoms with E-state index in [1.807, 2.05) is 6.07 Å². The number of fused-ring (bicyclic) bond motifs is 1.